The van der Waals surface area contributed by atoms with Crippen LogP contribution < -0.4 is 4.90 Å². The Hall–Kier alpha value is -2.07. The maximum atomic E-state index is 10.3. The molecule has 2 aromatic heterocycles. The summed E-state index contributed by atoms with van der Waals surface area (Å²) in [4.78, 5) is 15.5. The first-order chi connectivity index (χ1) is 13.2. The quantitative estimate of drug-likeness (QED) is 0.620. The highest BCUT2D eigenvalue weighted by atomic mass is 16.6. The van der Waals surface area contributed by atoms with E-state index in [1.54, 1.807) is 4.57 Å². The van der Waals surface area contributed by atoms with Crippen molar-refractivity contribution in [3.8, 4) is 0 Å². The van der Waals surface area contributed by atoms with Gasteiger partial charge in [0.1, 0.15) is 24.6 Å². The van der Waals surface area contributed by atoms with Gasteiger partial charge in [-0.15, -0.1) is 6.58 Å². The monoisotopic (exact) mass is 375 g/mol. The van der Waals surface area contributed by atoms with Crippen LogP contribution in [0, 0.1) is 0 Å². The van der Waals surface area contributed by atoms with Gasteiger partial charge in [0.05, 0.1) is 12.9 Å². The second-order valence-electron chi connectivity index (χ2n) is 7.13. The van der Waals surface area contributed by atoms with E-state index in [2.05, 4.69) is 26.4 Å². The Morgan fingerprint density at radius 1 is 1.22 bits per heavy atom. The zero-order valence-corrected chi connectivity index (χ0v) is 15.1. The molecule has 1 saturated heterocycles. The molecule has 2 aliphatic rings. The van der Waals surface area contributed by atoms with Crippen molar-refractivity contribution >= 4 is 17.0 Å². The molecular formula is C18H25N5O4. The van der Waals surface area contributed by atoms with E-state index in [-0.39, 0.29) is 6.61 Å². The Morgan fingerprint density at radius 2 is 2.00 bits per heavy atom. The number of aliphatic hydroxyl groups is 3. The van der Waals surface area contributed by atoms with Gasteiger partial charge in [0.15, 0.2) is 23.2 Å². The summed E-state index contributed by atoms with van der Waals surface area (Å²) in [6, 6.07) is 0.389. The predicted octanol–water partition coefficient (Wildman–Crippen LogP) is 0.373. The first-order valence-electron chi connectivity index (χ1n) is 9.33. The molecule has 1 aliphatic carbocycles. The normalized spacial score (nSPS) is 28.9. The number of aromatic nitrogens is 4. The van der Waals surface area contributed by atoms with E-state index in [1.807, 2.05) is 6.08 Å². The minimum atomic E-state index is -1.18. The largest absolute Gasteiger partial charge is 0.394 e. The molecular weight excluding hydrogens is 350 g/mol. The third-order valence-corrected chi connectivity index (χ3v) is 5.49. The highest BCUT2D eigenvalue weighted by molar-refractivity contribution is 5.83. The lowest BCUT2D eigenvalue weighted by molar-refractivity contribution is -0.0511. The van der Waals surface area contributed by atoms with Crippen LogP contribution in [0.25, 0.3) is 11.2 Å². The van der Waals surface area contributed by atoms with Crippen molar-refractivity contribution in [2.24, 2.45) is 0 Å². The van der Waals surface area contributed by atoms with Crippen molar-refractivity contribution in [3.63, 3.8) is 0 Å². The number of anilines is 1. The second-order valence-corrected chi connectivity index (χ2v) is 7.13. The summed E-state index contributed by atoms with van der Waals surface area (Å²) in [5.41, 5.74) is 1.13. The van der Waals surface area contributed by atoms with Crippen LogP contribution in [-0.2, 0) is 4.74 Å². The highest BCUT2D eigenvalue weighted by Gasteiger charge is 2.44. The molecule has 9 nitrogen and oxygen atoms in total. The van der Waals surface area contributed by atoms with E-state index in [1.165, 1.54) is 25.5 Å². The number of ether oxygens (including phenoxy) is 1. The second kappa shape index (κ2) is 7.51. The molecule has 27 heavy (non-hydrogen) atoms. The van der Waals surface area contributed by atoms with Gasteiger partial charge in [-0.1, -0.05) is 18.9 Å². The Morgan fingerprint density at radius 3 is 2.67 bits per heavy atom. The summed E-state index contributed by atoms with van der Waals surface area (Å²) in [5.74, 6) is 0.734. The molecule has 0 spiro atoms. The molecule has 0 amide bonds. The first-order valence-corrected chi connectivity index (χ1v) is 9.33. The zero-order chi connectivity index (χ0) is 19.0. The zero-order valence-electron chi connectivity index (χ0n) is 15.1. The van der Waals surface area contributed by atoms with Gasteiger partial charge in [0.2, 0.25) is 0 Å². The van der Waals surface area contributed by atoms with Crippen LogP contribution in [0.3, 0.4) is 0 Å². The van der Waals surface area contributed by atoms with Crippen LogP contribution in [-0.4, -0.2) is 72.3 Å². The molecule has 2 aromatic rings. The number of hydrogen-bond acceptors (Lipinski definition) is 8. The Balaban J connectivity index is 1.72. The molecule has 3 heterocycles. The van der Waals surface area contributed by atoms with Gasteiger partial charge in [-0.25, -0.2) is 15.0 Å². The van der Waals surface area contributed by atoms with E-state index in [0.29, 0.717) is 23.8 Å². The van der Waals surface area contributed by atoms with Gasteiger partial charge >= 0.3 is 0 Å². The topological polar surface area (TPSA) is 117 Å². The number of nitrogens with zero attached hydrogens (tertiary/aromatic N) is 5. The van der Waals surface area contributed by atoms with Crippen LogP contribution in [0.4, 0.5) is 5.82 Å². The fourth-order valence-corrected chi connectivity index (χ4v) is 4.11. The predicted molar refractivity (Wildman–Crippen MR) is 98.1 cm³/mol. The SMILES string of the molecule is C=CCN(c1ncnc2c1ncn2[C@@H]1O[C@H](CO)[C@@H](O)[C@H]1O)C1CCCC1. The smallest absolute Gasteiger partial charge is 0.167 e. The average Bonchev–Trinajstić information content (AvgIpc) is 3.41. The first kappa shape index (κ1) is 18.3. The van der Waals surface area contributed by atoms with Crippen molar-refractivity contribution in [3.05, 3.63) is 25.3 Å². The van der Waals surface area contributed by atoms with Gasteiger partial charge in [-0.05, 0) is 12.8 Å². The van der Waals surface area contributed by atoms with Crippen LogP contribution in [0.5, 0.6) is 0 Å². The van der Waals surface area contributed by atoms with Crippen LogP contribution in [0.15, 0.2) is 25.3 Å². The lowest BCUT2D eigenvalue weighted by Gasteiger charge is -2.29. The van der Waals surface area contributed by atoms with E-state index < -0.39 is 24.5 Å². The molecule has 0 bridgehead atoms. The molecule has 0 aromatic carbocycles. The van der Waals surface area contributed by atoms with Gasteiger partial charge in [-0.3, -0.25) is 4.57 Å². The number of fused-ring (bicyclic) bond motifs is 1. The Labute approximate surface area is 156 Å². The van der Waals surface area contributed by atoms with E-state index in [0.717, 1.165) is 18.7 Å². The number of rotatable bonds is 6. The summed E-state index contributed by atoms with van der Waals surface area (Å²) in [7, 11) is 0. The summed E-state index contributed by atoms with van der Waals surface area (Å²) in [5, 5.41) is 29.7. The minimum Gasteiger partial charge on any atom is -0.394 e. The Bertz CT molecular complexity index is 806. The third-order valence-electron chi connectivity index (χ3n) is 5.49. The maximum Gasteiger partial charge on any atom is 0.167 e. The molecule has 1 aliphatic heterocycles. The van der Waals surface area contributed by atoms with Crippen molar-refractivity contribution in [2.75, 3.05) is 18.1 Å². The van der Waals surface area contributed by atoms with E-state index >= 15 is 0 Å². The summed E-state index contributed by atoms with van der Waals surface area (Å²) in [6.07, 6.45) is 5.40. The van der Waals surface area contributed by atoms with E-state index in [9.17, 15) is 15.3 Å². The fraction of sp³-hybridized carbons (Fsp3) is 0.611. The lowest BCUT2D eigenvalue weighted by Crippen LogP contribution is -2.34. The molecule has 3 N–H and O–H groups in total. The van der Waals surface area contributed by atoms with Gasteiger partial charge in [-0.2, -0.15) is 0 Å². The molecule has 9 heteroatoms. The van der Waals surface area contributed by atoms with Gasteiger partial charge in [0, 0.05) is 12.6 Å². The highest BCUT2D eigenvalue weighted by Crippen LogP contribution is 2.34. The Kier molecular flexibility index (Phi) is 5.09. The molecule has 146 valence electrons. The summed E-state index contributed by atoms with van der Waals surface area (Å²) < 4.78 is 7.21. The number of imidazole rings is 1. The van der Waals surface area contributed by atoms with Gasteiger partial charge < -0.3 is 25.0 Å². The molecule has 1 saturated carbocycles. The molecule has 4 rings (SSSR count). The molecule has 4 atom stereocenters. The molecule has 0 radical (unpaired) electrons. The lowest BCUT2D eigenvalue weighted by atomic mass is 10.1. The van der Waals surface area contributed by atoms with E-state index in [4.69, 9.17) is 4.74 Å². The van der Waals surface area contributed by atoms with Crippen molar-refractivity contribution in [2.45, 2.75) is 56.3 Å². The van der Waals surface area contributed by atoms with Crippen LogP contribution in [0.1, 0.15) is 31.9 Å². The van der Waals surface area contributed by atoms with Crippen LogP contribution in [0.2, 0.25) is 0 Å². The van der Waals surface area contributed by atoms with Gasteiger partial charge in [0.25, 0.3) is 0 Å². The third kappa shape index (κ3) is 3.10. The van der Waals surface area contributed by atoms with Crippen LogP contribution >= 0.6 is 0 Å². The number of aliphatic hydroxyl groups excluding tert-OH is 3. The fourth-order valence-electron chi connectivity index (χ4n) is 4.11. The summed E-state index contributed by atoms with van der Waals surface area (Å²) in [6.45, 7) is 4.15. The average molecular weight is 375 g/mol. The minimum absolute atomic E-state index is 0.379. The van der Waals surface area contributed by atoms with Crippen molar-refractivity contribution in [1.29, 1.82) is 0 Å². The molecule has 2 fully saturated rings. The molecule has 0 unspecified atom stereocenters. The number of hydrogen-bond donors (Lipinski definition) is 3. The van der Waals surface area contributed by atoms with Crippen molar-refractivity contribution < 1.29 is 20.1 Å². The van der Waals surface area contributed by atoms with Crippen molar-refractivity contribution in [1.82, 2.24) is 19.5 Å². The maximum absolute atomic E-state index is 10.3. The summed E-state index contributed by atoms with van der Waals surface area (Å²) >= 11 is 0. The standard InChI is InChI=1S/C18H25N5O4/c1-2-7-22(11-5-3-4-6-11)16-13-17(20-9-19-16)23(10-21-13)18-15(26)14(25)12(8-24)27-18/h2,9-12,14-15,18,24-26H,1,3-8H2/t12-,14-,15-,18-/m1/s1.